The molecule has 108 valence electrons. The lowest BCUT2D eigenvalue weighted by Gasteiger charge is -2.07. The second-order valence-electron chi connectivity index (χ2n) is 6.50. The van der Waals surface area contributed by atoms with Crippen LogP contribution in [-0.2, 0) is 6.42 Å². The summed E-state index contributed by atoms with van der Waals surface area (Å²) in [6.45, 7) is 0.790. The molecule has 4 nitrogen and oxygen atoms in total. The Kier molecular flexibility index (Phi) is 2.24. The van der Waals surface area contributed by atoms with Gasteiger partial charge >= 0.3 is 0 Å². The molecule has 4 heteroatoms. The second kappa shape index (κ2) is 4.03. The summed E-state index contributed by atoms with van der Waals surface area (Å²) in [5.74, 6) is 3.74. The number of fused-ring (bicyclic) bond motifs is 1. The fourth-order valence-electron chi connectivity index (χ4n) is 3.36. The topological polar surface area (TPSA) is 53.1 Å². The molecule has 0 atom stereocenters. The van der Waals surface area contributed by atoms with E-state index in [1.54, 1.807) is 0 Å². The van der Waals surface area contributed by atoms with Gasteiger partial charge in [0, 0.05) is 23.9 Å². The minimum Gasteiger partial charge on any atom is -0.493 e. The van der Waals surface area contributed by atoms with Crippen molar-refractivity contribution < 1.29 is 4.74 Å². The van der Waals surface area contributed by atoms with Gasteiger partial charge < -0.3 is 15.0 Å². The van der Waals surface area contributed by atoms with Gasteiger partial charge in [-0.2, -0.15) is 0 Å². The summed E-state index contributed by atoms with van der Waals surface area (Å²) in [7, 11) is 0. The zero-order valence-electron chi connectivity index (χ0n) is 12.0. The number of aromatic nitrogens is 2. The van der Waals surface area contributed by atoms with Crippen molar-refractivity contribution in [2.45, 2.75) is 44.1 Å². The number of hydrogen-bond acceptors (Lipinski definition) is 3. The van der Waals surface area contributed by atoms with Crippen LogP contribution in [0.3, 0.4) is 0 Å². The van der Waals surface area contributed by atoms with Gasteiger partial charge in [0.15, 0.2) is 0 Å². The minimum atomic E-state index is 0.597. The Morgan fingerprint density at radius 2 is 2.05 bits per heavy atom. The summed E-state index contributed by atoms with van der Waals surface area (Å²) in [5.41, 5.74) is 9.84. The summed E-state index contributed by atoms with van der Waals surface area (Å²) in [6, 6.07) is 6.95. The number of hydrogen-bond donors (Lipinski definition) is 1. The fraction of sp³-hybridized carbons (Fsp3) is 0.471. The maximum atomic E-state index is 6.46. The molecule has 2 fully saturated rings. The molecule has 1 aliphatic heterocycles. The Bertz CT molecular complexity index is 726. The van der Waals surface area contributed by atoms with E-state index in [2.05, 4.69) is 22.8 Å². The van der Waals surface area contributed by atoms with Crippen LogP contribution < -0.4 is 10.5 Å². The number of benzene rings is 1. The van der Waals surface area contributed by atoms with Crippen LogP contribution in [0.1, 0.15) is 49.0 Å². The van der Waals surface area contributed by atoms with Gasteiger partial charge in [0.1, 0.15) is 23.1 Å². The highest BCUT2D eigenvalue weighted by Gasteiger charge is 2.36. The number of nitrogen functional groups attached to an aromatic ring is 1. The molecule has 21 heavy (non-hydrogen) atoms. The van der Waals surface area contributed by atoms with Crippen LogP contribution in [0.2, 0.25) is 0 Å². The van der Waals surface area contributed by atoms with E-state index < -0.39 is 0 Å². The molecule has 0 unspecified atom stereocenters. The van der Waals surface area contributed by atoms with E-state index in [9.17, 15) is 0 Å². The van der Waals surface area contributed by atoms with Crippen LogP contribution in [0, 0.1) is 0 Å². The maximum Gasteiger partial charge on any atom is 0.132 e. The van der Waals surface area contributed by atoms with Crippen LogP contribution in [0.15, 0.2) is 18.2 Å². The first-order chi connectivity index (χ1) is 10.3. The lowest BCUT2D eigenvalue weighted by molar-refractivity contribution is 0.357. The number of nitrogens with two attached hydrogens (primary N) is 1. The average Bonchev–Trinajstić information content (AvgIpc) is 3.41. The smallest absolute Gasteiger partial charge is 0.132 e. The second-order valence-corrected chi connectivity index (χ2v) is 6.50. The molecule has 1 aromatic carbocycles. The SMILES string of the molecule is Nc1c(-c2ccc3c(c2)CCO3)nc(C2CC2)n1C1CC1. The standard InChI is InChI=1S/C17H19N3O/c18-16-15(12-3-6-14-11(9-12)7-8-21-14)19-17(10-1-2-10)20(16)13-4-5-13/h3,6,9-10,13H,1-2,4-5,7-8,18H2. The van der Waals surface area contributed by atoms with E-state index >= 15 is 0 Å². The average molecular weight is 281 g/mol. The molecular formula is C17H19N3O. The van der Waals surface area contributed by atoms with Gasteiger partial charge in [0.25, 0.3) is 0 Å². The summed E-state index contributed by atoms with van der Waals surface area (Å²) in [6.07, 6.45) is 6.01. The fourth-order valence-corrected chi connectivity index (χ4v) is 3.36. The van der Waals surface area contributed by atoms with Crippen molar-refractivity contribution in [1.29, 1.82) is 0 Å². The number of anilines is 1. The van der Waals surface area contributed by atoms with Crippen molar-refractivity contribution in [1.82, 2.24) is 9.55 Å². The van der Waals surface area contributed by atoms with Crippen molar-refractivity contribution in [2.75, 3.05) is 12.3 Å². The Labute approximate surface area is 123 Å². The van der Waals surface area contributed by atoms with Gasteiger partial charge in [0.2, 0.25) is 0 Å². The Hall–Kier alpha value is -1.97. The lowest BCUT2D eigenvalue weighted by atomic mass is 10.1. The van der Waals surface area contributed by atoms with Crippen LogP contribution in [0.25, 0.3) is 11.3 Å². The van der Waals surface area contributed by atoms with Gasteiger partial charge in [-0.05, 0) is 49.4 Å². The maximum absolute atomic E-state index is 6.46. The van der Waals surface area contributed by atoms with Gasteiger partial charge in [-0.25, -0.2) is 4.98 Å². The van der Waals surface area contributed by atoms with Crippen LogP contribution in [0.4, 0.5) is 5.82 Å². The quantitative estimate of drug-likeness (QED) is 0.939. The molecule has 0 radical (unpaired) electrons. The highest BCUT2D eigenvalue weighted by atomic mass is 16.5. The largest absolute Gasteiger partial charge is 0.493 e. The molecule has 1 aromatic heterocycles. The summed E-state index contributed by atoms with van der Waals surface area (Å²) < 4.78 is 7.90. The van der Waals surface area contributed by atoms with Crippen molar-refractivity contribution in [2.24, 2.45) is 0 Å². The highest BCUT2D eigenvalue weighted by molar-refractivity contribution is 5.73. The van der Waals surface area contributed by atoms with Crippen molar-refractivity contribution >= 4 is 5.82 Å². The molecular weight excluding hydrogens is 262 g/mol. The molecule has 2 saturated carbocycles. The number of rotatable bonds is 3. The number of nitrogens with zero attached hydrogens (tertiary/aromatic N) is 2. The third-order valence-corrected chi connectivity index (χ3v) is 4.79. The normalized spacial score (nSPS) is 20.4. The molecule has 0 amide bonds. The lowest BCUT2D eigenvalue weighted by Crippen LogP contribution is -2.04. The zero-order valence-corrected chi connectivity index (χ0v) is 12.0. The van der Waals surface area contributed by atoms with E-state index in [0.29, 0.717) is 12.0 Å². The van der Waals surface area contributed by atoms with Crippen molar-refractivity contribution in [3.05, 3.63) is 29.6 Å². The Morgan fingerprint density at radius 1 is 1.19 bits per heavy atom. The molecule has 2 N–H and O–H groups in total. The highest BCUT2D eigenvalue weighted by Crippen LogP contribution is 2.48. The molecule has 2 heterocycles. The molecule has 5 rings (SSSR count). The summed E-state index contributed by atoms with van der Waals surface area (Å²) in [5, 5.41) is 0. The minimum absolute atomic E-state index is 0.597. The molecule has 0 spiro atoms. The van der Waals surface area contributed by atoms with Gasteiger partial charge in [0.05, 0.1) is 6.61 Å². The van der Waals surface area contributed by atoms with E-state index in [0.717, 1.165) is 35.9 Å². The van der Waals surface area contributed by atoms with Crippen molar-refractivity contribution in [3.63, 3.8) is 0 Å². The Morgan fingerprint density at radius 3 is 2.81 bits per heavy atom. The molecule has 2 aliphatic carbocycles. The predicted molar refractivity (Wildman–Crippen MR) is 81.5 cm³/mol. The molecule has 0 saturated heterocycles. The summed E-state index contributed by atoms with van der Waals surface area (Å²) in [4.78, 5) is 4.93. The number of imidazole rings is 1. The van der Waals surface area contributed by atoms with Crippen LogP contribution in [-0.4, -0.2) is 16.2 Å². The van der Waals surface area contributed by atoms with Gasteiger partial charge in [-0.15, -0.1) is 0 Å². The first-order valence-electron chi connectivity index (χ1n) is 7.95. The van der Waals surface area contributed by atoms with Crippen molar-refractivity contribution in [3.8, 4) is 17.0 Å². The van der Waals surface area contributed by atoms with Crippen LogP contribution >= 0.6 is 0 Å². The van der Waals surface area contributed by atoms with Gasteiger partial charge in [-0.1, -0.05) is 0 Å². The first kappa shape index (κ1) is 11.7. The molecule has 0 bridgehead atoms. The van der Waals surface area contributed by atoms with Gasteiger partial charge in [-0.3, -0.25) is 0 Å². The van der Waals surface area contributed by atoms with E-state index in [1.165, 1.54) is 37.1 Å². The zero-order chi connectivity index (χ0) is 14.0. The van der Waals surface area contributed by atoms with E-state index in [4.69, 9.17) is 15.5 Å². The molecule has 3 aliphatic rings. The van der Waals surface area contributed by atoms with Crippen LogP contribution in [0.5, 0.6) is 5.75 Å². The third kappa shape index (κ3) is 1.78. The number of ether oxygens (including phenoxy) is 1. The predicted octanol–water partition coefficient (Wildman–Crippen LogP) is 3.28. The van der Waals surface area contributed by atoms with E-state index in [-0.39, 0.29) is 0 Å². The Balaban J connectivity index is 1.64. The first-order valence-corrected chi connectivity index (χ1v) is 7.95. The summed E-state index contributed by atoms with van der Waals surface area (Å²) >= 11 is 0. The third-order valence-electron chi connectivity index (χ3n) is 4.79. The molecule has 2 aromatic rings. The monoisotopic (exact) mass is 281 g/mol. The van der Waals surface area contributed by atoms with E-state index in [1.807, 2.05) is 0 Å².